The molecule has 0 aliphatic heterocycles. The molecule has 1 N–H and O–H groups in total. The van der Waals surface area contributed by atoms with Gasteiger partial charge < -0.3 is 5.11 Å². The van der Waals surface area contributed by atoms with Gasteiger partial charge in [0.1, 0.15) is 18.5 Å². The number of hydrogen-bond donors (Lipinski definition) is 1. The molecule has 0 amide bonds. The van der Waals surface area contributed by atoms with Crippen LogP contribution in [0.1, 0.15) is 5.56 Å². The highest BCUT2D eigenvalue weighted by molar-refractivity contribution is 6.51. The van der Waals surface area contributed by atoms with Gasteiger partial charge >= 0.3 is 0 Å². The molecule has 1 heterocycles. The van der Waals surface area contributed by atoms with Crippen molar-refractivity contribution in [3.63, 3.8) is 0 Å². The molecule has 0 saturated carbocycles. The summed E-state index contributed by atoms with van der Waals surface area (Å²) in [7, 11) is 1.98. The van der Waals surface area contributed by atoms with Gasteiger partial charge in [0.15, 0.2) is 0 Å². The van der Waals surface area contributed by atoms with E-state index in [1.165, 1.54) is 0 Å². The van der Waals surface area contributed by atoms with Crippen molar-refractivity contribution in [1.29, 1.82) is 0 Å². The summed E-state index contributed by atoms with van der Waals surface area (Å²) in [6.07, 6.45) is 7.34. The van der Waals surface area contributed by atoms with Gasteiger partial charge in [-0.1, -0.05) is 36.9 Å². The van der Waals surface area contributed by atoms with Crippen molar-refractivity contribution in [2.24, 2.45) is 4.99 Å². The van der Waals surface area contributed by atoms with Crippen LogP contribution in [0.15, 0.2) is 47.6 Å². The van der Waals surface area contributed by atoms with Gasteiger partial charge in [-0.15, -0.1) is 0 Å². The summed E-state index contributed by atoms with van der Waals surface area (Å²) in [4.78, 5) is 4.48. The Kier molecular flexibility index (Phi) is 4.09. The Balaban J connectivity index is 2.29. The highest BCUT2D eigenvalue weighted by atomic mass is 16.3. The van der Waals surface area contributed by atoms with E-state index < -0.39 is 0 Å². The van der Waals surface area contributed by atoms with E-state index in [9.17, 15) is 5.11 Å². The highest BCUT2D eigenvalue weighted by Gasteiger charge is 1.95. The molecular formula is C15H14BN2O. The van der Waals surface area contributed by atoms with Crippen molar-refractivity contribution in [2.45, 2.75) is 13.4 Å². The topological polar surface area (TPSA) is 37.5 Å². The first-order valence-corrected chi connectivity index (χ1v) is 6.00. The van der Waals surface area contributed by atoms with E-state index in [1.807, 2.05) is 44.6 Å². The van der Waals surface area contributed by atoms with Gasteiger partial charge in [-0.05, 0) is 23.8 Å². The summed E-state index contributed by atoms with van der Waals surface area (Å²) in [5.41, 5.74) is 2.82. The maximum atomic E-state index is 9.22. The minimum absolute atomic E-state index is 0.255. The van der Waals surface area contributed by atoms with Crippen LogP contribution in [-0.4, -0.2) is 17.0 Å². The van der Waals surface area contributed by atoms with Gasteiger partial charge in [-0.3, -0.25) is 9.56 Å². The molecule has 0 unspecified atom stereocenters. The largest absolute Gasteiger partial charge is 0.508 e. The van der Waals surface area contributed by atoms with Gasteiger partial charge in [-0.25, -0.2) is 0 Å². The molecule has 0 aliphatic rings. The van der Waals surface area contributed by atoms with Crippen LogP contribution in [0.25, 0.3) is 0 Å². The molecule has 0 bridgehead atoms. The van der Waals surface area contributed by atoms with Crippen LogP contribution in [0, 0.1) is 12.5 Å². The third kappa shape index (κ3) is 3.29. The van der Waals surface area contributed by atoms with E-state index in [0.717, 1.165) is 16.5 Å². The maximum absolute atomic E-state index is 9.22. The SMILES string of the molecule is C#Cn1cc([B]C)ccc1=NCc1ccc(O)cc1. The monoisotopic (exact) mass is 249 g/mol. The van der Waals surface area contributed by atoms with Crippen molar-refractivity contribution in [2.75, 3.05) is 0 Å². The lowest BCUT2D eigenvalue weighted by Crippen LogP contribution is -2.24. The molecular weight excluding hydrogens is 235 g/mol. The summed E-state index contributed by atoms with van der Waals surface area (Å²) >= 11 is 0. The van der Waals surface area contributed by atoms with Gasteiger partial charge in [0.05, 0.1) is 6.54 Å². The molecule has 1 aromatic carbocycles. The van der Waals surface area contributed by atoms with E-state index in [4.69, 9.17) is 6.42 Å². The van der Waals surface area contributed by atoms with Crippen molar-refractivity contribution >= 4 is 12.7 Å². The fourth-order valence-electron chi connectivity index (χ4n) is 1.69. The number of phenolic OH excluding ortho intramolecular Hbond substituents is 1. The molecule has 0 atom stereocenters. The second-order valence-electron chi connectivity index (χ2n) is 4.09. The van der Waals surface area contributed by atoms with Crippen LogP contribution in [0.3, 0.4) is 0 Å². The van der Waals surface area contributed by atoms with E-state index in [-0.39, 0.29) is 5.75 Å². The number of aromatic nitrogens is 1. The first-order valence-electron chi connectivity index (χ1n) is 6.00. The number of terminal acetylenes is 1. The fraction of sp³-hybridized carbons (Fsp3) is 0.133. The van der Waals surface area contributed by atoms with E-state index in [2.05, 4.69) is 11.0 Å². The minimum atomic E-state index is 0.255. The quantitative estimate of drug-likeness (QED) is 0.642. The number of phenols is 1. The van der Waals surface area contributed by atoms with E-state index in [0.29, 0.717) is 6.54 Å². The second-order valence-corrected chi connectivity index (χ2v) is 4.09. The molecule has 3 nitrogen and oxygen atoms in total. The minimum Gasteiger partial charge on any atom is -0.508 e. The molecule has 2 rings (SSSR count). The van der Waals surface area contributed by atoms with E-state index >= 15 is 0 Å². The first-order chi connectivity index (χ1) is 9.22. The Labute approximate surface area is 113 Å². The molecule has 1 aromatic heterocycles. The summed E-state index contributed by atoms with van der Waals surface area (Å²) in [6.45, 7) is 2.49. The lowest BCUT2D eigenvalue weighted by molar-refractivity contribution is 0.475. The second kappa shape index (κ2) is 5.97. The molecule has 4 heteroatoms. The Bertz CT molecular complexity index is 666. The number of hydrogen-bond acceptors (Lipinski definition) is 2. The smallest absolute Gasteiger partial charge is 0.150 e. The molecule has 0 fully saturated rings. The molecule has 0 aliphatic carbocycles. The van der Waals surface area contributed by atoms with Crippen LogP contribution in [0.5, 0.6) is 5.75 Å². The summed E-state index contributed by atoms with van der Waals surface area (Å²) in [5, 5.41) is 9.22. The average Bonchev–Trinajstić information content (AvgIpc) is 2.46. The van der Waals surface area contributed by atoms with Crippen molar-refractivity contribution in [3.8, 4) is 18.2 Å². The summed E-state index contributed by atoms with van der Waals surface area (Å²) < 4.78 is 1.66. The molecule has 19 heavy (non-hydrogen) atoms. The van der Waals surface area contributed by atoms with E-state index in [1.54, 1.807) is 16.7 Å². The lowest BCUT2D eigenvalue weighted by atomic mass is 9.74. The van der Waals surface area contributed by atoms with Gasteiger partial charge in [0.2, 0.25) is 0 Å². The third-order valence-electron chi connectivity index (χ3n) is 2.78. The number of aromatic hydroxyl groups is 1. The normalized spacial score (nSPS) is 11.1. The summed E-state index contributed by atoms with van der Waals surface area (Å²) in [6, 6.07) is 13.4. The van der Waals surface area contributed by atoms with Gasteiger partial charge in [0, 0.05) is 12.2 Å². The average molecular weight is 249 g/mol. The van der Waals surface area contributed by atoms with Crippen LogP contribution in [-0.2, 0) is 6.54 Å². The number of nitrogens with zero attached hydrogens (tertiary/aromatic N) is 2. The standard InChI is InChI=1S/C15H14BN2O/c1-3-18-11-13(16-2)6-9-15(18)17-10-12-4-7-14(19)8-5-12/h1,4-9,11,19H,10H2,2H3. The number of pyridine rings is 1. The Hall–Kier alpha value is -2.41. The predicted octanol–water partition coefficient (Wildman–Crippen LogP) is 1.11. The Morgan fingerprint density at radius 1 is 1.26 bits per heavy atom. The number of rotatable bonds is 3. The Morgan fingerprint density at radius 2 is 2.00 bits per heavy atom. The molecule has 1 radical (unpaired) electrons. The molecule has 93 valence electrons. The lowest BCUT2D eigenvalue weighted by Gasteiger charge is -2.02. The highest BCUT2D eigenvalue weighted by Crippen LogP contribution is 2.09. The van der Waals surface area contributed by atoms with Crippen LogP contribution >= 0.6 is 0 Å². The maximum Gasteiger partial charge on any atom is 0.150 e. The first kappa shape index (κ1) is 13.0. The zero-order valence-corrected chi connectivity index (χ0v) is 10.7. The molecule has 2 aromatic rings. The number of benzene rings is 1. The zero-order valence-electron chi connectivity index (χ0n) is 10.7. The van der Waals surface area contributed by atoms with Gasteiger partial charge in [-0.2, -0.15) is 0 Å². The molecule has 0 spiro atoms. The zero-order chi connectivity index (χ0) is 13.7. The fourth-order valence-corrected chi connectivity index (χ4v) is 1.69. The Morgan fingerprint density at radius 3 is 2.63 bits per heavy atom. The van der Waals surface area contributed by atoms with Crippen LogP contribution in [0.4, 0.5) is 0 Å². The van der Waals surface area contributed by atoms with Crippen LogP contribution in [0.2, 0.25) is 6.82 Å². The van der Waals surface area contributed by atoms with Crippen molar-refractivity contribution < 1.29 is 5.11 Å². The van der Waals surface area contributed by atoms with Crippen LogP contribution < -0.4 is 11.0 Å². The molecule has 0 saturated heterocycles. The van der Waals surface area contributed by atoms with Crippen molar-refractivity contribution in [3.05, 3.63) is 53.6 Å². The predicted molar refractivity (Wildman–Crippen MR) is 77.3 cm³/mol. The van der Waals surface area contributed by atoms with Crippen molar-refractivity contribution in [1.82, 2.24) is 4.57 Å². The summed E-state index contributed by atoms with van der Waals surface area (Å²) in [5.74, 6) is 0.255. The third-order valence-corrected chi connectivity index (χ3v) is 2.78. The van der Waals surface area contributed by atoms with Gasteiger partial charge in [0.25, 0.3) is 0 Å².